The van der Waals surface area contributed by atoms with Crippen LogP contribution in [-0.4, -0.2) is 31.5 Å². The summed E-state index contributed by atoms with van der Waals surface area (Å²) in [5.41, 5.74) is 1.29. The fraction of sp³-hybridized carbons (Fsp3) is 0.278. The van der Waals surface area contributed by atoms with Gasteiger partial charge in [0.25, 0.3) is 5.91 Å². The molecule has 1 N–H and O–H groups in total. The van der Waals surface area contributed by atoms with Crippen LogP contribution in [0.3, 0.4) is 0 Å². The summed E-state index contributed by atoms with van der Waals surface area (Å²) in [6.45, 7) is 4.45. The zero-order valence-corrected chi connectivity index (χ0v) is 14.9. The summed E-state index contributed by atoms with van der Waals surface area (Å²) in [6, 6.07) is 11.4. The minimum Gasteiger partial charge on any atom is -0.348 e. The summed E-state index contributed by atoms with van der Waals surface area (Å²) in [4.78, 5) is 12.6. The van der Waals surface area contributed by atoms with Gasteiger partial charge in [-0.05, 0) is 43.2 Å². The first-order valence-electron chi connectivity index (χ1n) is 8.20. The van der Waals surface area contributed by atoms with Gasteiger partial charge in [-0.15, -0.1) is 5.10 Å². The van der Waals surface area contributed by atoms with E-state index in [1.165, 1.54) is 0 Å². The molecule has 0 fully saturated rings. The Morgan fingerprint density at radius 1 is 1.28 bits per heavy atom. The molecule has 0 radical (unpaired) electrons. The van der Waals surface area contributed by atoms with Gasteiger partial charge in [0.15, 0.2) is 11.5 Å². The number of hydrogen-bond donors (Lipinski definition) is 1. The number of hydrogen-bond acceptors (Lipinski definition) is 3. The number of carbonyl (C=O) groups excluding carboxylic acids is 1. The Hall–Kier alpha value is -2.60. The SMILES string of the molecule is CCC(C)NC(=O)c1nnn(Cc2cccc(Cl)c2)c1-n1cccc1. The van der Waals surface area contributed by atoms with Crippen LogP contribution >= 0.6 is 11.6 Å². The molecule has 3 rings (SSSR count). The zero-order chi connectivity index (χ0) is 17.8. The number of rotatable bonds is 6. The van der Waals surface area contributed by atoms with Gasteiger partial charge < -0.3 is 9.88 Å². The van der Waals surface area contributed by atoms with Crippen LogP contribution in [0.4, 0.5) is 0 Å². The van der Waals surface area contributed by atoms with Crippen molar-refractivity contribution >= 4 is 17.5 Å². The van der Waals surface area contributed by atoms with Gasteiger partial charge in [-0.3, -0.25) is 4.79 Å². The average molecular weight is 358 g/mol. The van der Waals surface area contributed by atoms with Crippen LogP contribution in [0.2, 0.25) is 5.02 Å². The maximum atomic E-state index is 12.6. The Labute approximate surface area is 151 Å². The molecule has 0 bridgehead atoms. The van der Waals surface area contributed by atoms with E-state index in [9.17, 15) is 4.79 Å². The highest BCUT2D eigenvalue weighted by molar-refractivity contribution is 6.30. The van der Waals surface area contributed by atoms with Crippen molar-refractivity contribution in [3.8, 4) is 5.82 Å². The molecule has 0 aliphatic carbocycles. The van der Waals surface area contributed by atoms with Crippen LogP contribution in [0.15, 0.2) is 48.8 Å². The highest BCUT2D eigenvalue weighted by Gasteiger charge is 2.22. The first-order chi connectivity index (χ1) is 12.1. The largest absolute Gasteiger partial charge is 0.348 e. The van der Waals surface area contributed by atoms with Gasteiger partial charge in [-0.25, -0.2) is 4.68 Å². The third kappa shape index (κ3) is 3.91. The molecule has 7 heteroatoms. The van der Waals surface area contributed by atoms with Crippen LogP contribution < -0.4 is 5.32 Å². The number of nitrogens with zero attached hydrogens (tertiary/aromatic N) is 4. The van der Waals surface area contributed by atoms with E-state index in [1.807, 2.05) is 67.2 Å². The van der Waals surface area contributed by atoms with Gasteiger partial charge in [0.05, 0.1) is 6.54 Å². The van der Waals surface area contributed by atoms with E-state index in [-0.39, 0.29) is 11.9 Å². The molecule has 1 aromatic carbocycles. The van der Waals surface area contributed by atoms with Crippen molar-refractivity contribution in [1.82, 2.24) is 24.9 Å². The van der Waals surface area contributed by atoms with Gasteiger partial charge >= 0.3 is 0 Å². The molecule has 130 valence electrons. The molecule has 0 aliphatic heterocycles. The van der Waals surface area contributed by atoms with Crippen molar-refractivity contribution in [3.05, 3.63) is 65.1 Å². The second-order valence-corrected chi connectivity index (χ2v) is 6.36. The average Bonchev–Trinajstić information content (AvgIpc) is 3.23. The number of aromatic nitrogens is 4. The Morgan fingerprint density at radius 2 is 2.04 bits per heavy atom. The first-order valence-corrected chi connectivity index (χ1v) is 8.58. The second-order valence-electron chi connectivity index (χ2n) is 5.92. The van der Waals surface area contributed by atoms with E-state index < -0.39 is 0 Å². The maximum Gasteiger partial charge on any atom is 0.275 e. The predicted molar refractivity (Wildman–Crippen MR) is 97.1 cm³/mol. The van der Waals surface area contributed by atoms with E-state index in [0.717, 1.165) is 12.0 Å². The highest BCUT2D eigenvalue weighted by Crippen LogP contribution is 2.17. The molecule has 2 heterocycles. The summed E-state index contributed by atoms with van der Waals surface area (Å²) in [7, 11) is 0. The first kappa shape index (κ1) is 17.2. The van der Waals surface area contributed by atoms with Crippen molar-refractivity contribution in [1.29, 1.82) is 0 Å². The lowest BCUT2D eigenvalue weighted by Crippen LogP contribution is -2.33. The Morgan fingerprint density at radius 3 is 2.72 bits per heavy atom. The minimum absolute atomic E-state index is 0.0723. The normalized spacial score (nSPS) is 12.1. The number of nitrogens with one attached hydrogen (secondary N) is 1. The molecular weight excluding hydrogens is 338 g/mol. The highest BCUT2D eigenvalue weighted by atomic mass is 35.5. The third-order valence-electron chi connectivity index (χ3n) is 3.98. The number of halogens is 1. The summed E-state index contributed by atoms with van der Waals surface area (Å²) in [5.74, 6) is 0.404. The summed E-state index contributed by atoms with van der Waals surface area (Å²) in [6.07, 6.45) is 4.58. The van der Waals surface area contributed by atoms with Gasteiger partial charge in [0.2, 0.25) is 0 Å². The van der Waals surface area contributed by atoms with Gasteiger partial charge in [0.1, 0.15) is 0 Å². The number of amides is 1. The quantitative estimate of drug-likeness (QED) is 0.736. The third-order valence-corrected chi connectivity index (χ3v) is 4.22. The molecule has 0 saturated carbocycles. The van der Waals surface area contributed by atoms with Gasteiger partial charge in [-0.2, -0.15) is 0 Å². The van der Waals surface area contributed by atoms with E-state index in [4.69, 9.17) is 11.6 Å². The van der Waals surface area contributed by atoms with Crippen molar-refractivity contribution < 1.29 is 4.79 Å². The Kier molecular flexibility index (Phi) is 5.19. The molecule has 1 amide bonds. The van der Waals surface area contributed by atoms with Crippen molar-refractivity contribution in [2.45, 2.75) is 32.9 Å². The molecule has 25 heavy (non-hydrogen) atoms. The molecule has 0 spiro atoms. The zero-order valence-electron chi connectivity index (χ0n) is 14.2. The molecule has 0 aliphatic rings. The molecular formula is C18H20ClN5O. The number of benzene rings is 1. The van der Waals surface area contributed by atoms with E-state index in [0.29, 0.717) is 23.1 Å². The van der Waals surface area contributed by atoms with Crippen LogP contribution in [0.1, 0.15) is 36.3 Å². The summed E-state index contributed by atoms with van der Waals surface area (Å²) < 4.78 is 3.55. The molecule has 1 unspecified atom stereocenters. The Balaban J connectivity index is 1.97. The summed E-state index contributed by atoms with van der Waals surface area (Å²) >= 11 is 6.06. The van der Waals surface area contributed by atoms with Crippen molar-refractivity contribution in [3.63, 3.8) is 0 Å². The van der Waals surface area contributed by atoms with Crippen LogP contribution in [0.5, 0.6) is 0 Å². The van der Waals surface area contributed by atoms with Crippen molar-refractivity contribution in [2.75, 3.05) is 0 Å². The fourth-order valence-electron chi connectivity index (χ4n) is 2.50. The van der Waals surface area contributed by atoms with E-state index >= 15 is 0 Å². The lowest BCUT2D eigenvalue weighted by molar-refractivity contribution is 0.0934. The van der Waals surface area contributed by atoms with Gasteiger partial charge in [-0.1, -0.05) is 35.9 Å². The number of carbonyl (C=O) groups is 1. The van der Waals surface area contributed by atoms with E-state index in [2.05, 4.69) is 15.6 Å². The van der Waals surface area contributed by atoms with Crippen molar-refractivity contribution in [2.24, 2.45) is 0 Å². The van der Waals surface area contributed by atoms with Crippen LogP contribution in [0.25, 0.3) is 5.82 Å². The molecule has 6 nitrogen and oxygen atoms in total. The summed E-state index contributed by atoms with van der Waals surface area (Å²) in [5, 5.41) is 11.9. The molecule has 1 atom stereocenters. The lowest BCUT2D eigenvalue weighted by atomic mass is 10.2. The van der Waals surface area contributed by atoms with Crippen LogP contribution in [-0.2, 0) is 6.54 Å². The fourth-order valence-corrected chi connectivity index (χ4v) is 2.71. The van der Waals surface area contributed by atoms with Crippen LogP contribution in [0, 0.1) is 0 Å². The smallest absolute Gasteiger partial charge is 0.275 e. The van der Waals surface area contributed by atoms with Gasteiger partial charge in [0, 0.05) is 23.5 Å². The monoisotopic (exact) mass is 357 g/mol. The Bertz CT molecular complexity index is 856. The molecule has 3 aromatic rings. The minimum atomic E-state index is -0.226. The molecule has 0 saturated heterocycles. The van der Waals surface area contributed by atoms with E-state index in [1.54, 1.807) is 4.68 Å². The predicted octanol–water partition coefficient (Wildman–Crippen LogP) is 3.30. The lowest BCUT2D eigenvalue weighted by Gasteiger charge is -2.12. The standard InChI is InChI=1S/C18H20ClN5O/c1-3-13(2)20-17(25)16-18(23-9-4-5-10-23)24(22-21-16)12-14-7-6-8-15(19)11-14/h4-11,13H,3,12H2,1-2H3,(H,20,25). The topological polar surface area (TPSA) is 64.7 Å². The maximum absolute atomic E-state index is 12.6. The second kappa shape index (κ2) is 7.53. The molecule has 2 aromatic heterocycles.